The van der Waals surface area contributed by atoms with Gasteiger partial charge in [-0.3, -0.25) is 4.79 Å². The SMILES string of the molecule is Cc1nc2ncnn2c(C)c1CCC(=O)N1CCc2ccccc2CC1. The lowest BCUT2D eigenvalue weighted by Gasteiger charge is -2.20. The van der Waals surface area contributed by atoms with Crippen molar-refractivity contribution in [1.29, 1.82) is 0 Å². The fourth-order valence-electron chi connectivity index (χ4n) is 3.82. The third-order valence-corrected chi connectivity index (χ3v) is 5.35. The number of hydrogen-bond acceptors (Lipinski definition) is 4. The van der Waals surface area contributed by atoms with E-state index in [0.717, 1.165) is 42.9 Å². The van der Waals surface area contributed by atoms with Crippen LogP contribution in [0.15, 0.2) is 30.6 Å². The van der Waals surface area contributed by atoms with Crippen molar-refractivity contribution >= 4 is 11.7 Å². The molecule has 1 aliphatic heterocycles. The minimum atomic E-state index is 0.218. The largest absolute Gasteiger partial charge is 0.342 e. The maximum absolute atomic E-state index is 12.8. The lowest BCUT2D eigenvalue weighted by atomic mass is 10.0. The van der Waals surface area contributed by atoms with Crippen molar-refractivity contribution in [3.63, 3.8) is 0 Å². The first-order valence-corrected chi connectivity index (χ1v) is 9.14. The van der Waals surface area contributed by atoms with Crippen LogP contribution in [0.25, 0.3) is 5.78 Å². The molecule has 3 heterocycles. The maximum atomic E-state index is 12.8. The van der Waals surface area contributed by atoms with Crippen LogP contribution < -0.4 is 0 Å². The summed E-state index contributed by atoms with van der Waals surface area (Å²) in [5, 5.41) is 4.22. The molecule has 26 heavy (non-hydrogen) atoms. The highest BCUT2D eigenvalue weighted by Crippen LogP contribution is 2.18. The molecule has 3 aromatic rings. The molecule has 1 aliphatic rings. The zero-order chi connectivity index (χ0) is 18.1. The van der Waals surface area contributed by atoms with Crippen LogP contribution in [0.3, 0.4) is 0 Å². The number of fused-ring (bicyclic) bond motifs is 2. The first-order valence-electron chi connectivity index (χ1n) is 9.14. The van der Waals surface area contributed by atoms with E-state index in [1.165, 1.54) is 17.5 Å². The van der Waals surface area contributed by atoms with Crippen LogP contribution >= 0.6 is 0 Å². The van der Waals surface area contributed by atoms with Crippen molar-refractivity contribution in [2.75, 3.05) is 13.1 Å². The molecular formula is C20H23N5O. The summed E-state index contributed by atoms with van der Waals surface area (Å²) in [5.41, 5.74) is 5.78. The van der Waals surface area contributed by atoms with Crippen LogP contribution in [0.4, 0.5) is 0 Å². The van der Waals surface area contributed by atoms with Gasteiger partial charge in [-0.15, -0.1) is 0 Å². The van der Waals surface area contributed by atoms with Gasteiger partial charge in [-0.25, -0.2) is 9.50 Å². The van der Waals surface area contributed by atoms with Gasteiger partial charge in [0.15, 0.2) is 0 Å². The third-order valence-electron chi connectivity index (χ3n) is 5.35. The van der Waals surface area contributed by atoms with Gasteiger partial charge in [-0.2, -0.15) is 10.1 Å². The molecule has 6 nitrogen and oxygen atoms in total. The molecule has 2 aromatic heterocycles. The van der Waals surface area contributed by atoms with E-state index in [9.17, 15) is 4.79 Å². The molecule has 0 bridgehead atoms. The van der Waals surface area contributed by atoms with Crippen LogP contribution in [0.2, 0.25) is 0 Å². The quantitative estimate of drug-likeness (QED) is 0.728. The number of aromatic nitrogens is 4. The summed E-state index contributed by atoms with van der Waals surface area (Å²) >= 11 is 0. The molecule has 134 valence electrons. The van der Waals surface area contributed by atoms with Crippen molar-refractivity contribution in [2.24, 2.45) is 0 Å². The molecule has 0 atom stereocenters. The summed E-state index contributed by atoms with van der Waals surface area (Å²) in [4.78, 5) is 23.4. The van der Waals surface area contributed by atoms with Crippen molar-refractivity contribution in [2.45, 2.75) is 39.5 Å². The Kier molecular flexibility index (Phi) is 4.41. The summed E-state index contributed by atoms with van der Waals surface area (Å²) in [6.07, 6.45) is 4.57. The van der Waals surface area contributed by atoms with Crippen molar-refractivity contribution in [1.82, 2.24) is 24.5 Å². The fourth-order valence-corrected chi connectivity index (χ4v) is 3.82. The lowest BCUT2D eigenvalue weighted by molar-refractivity contribution is -0.131. The second-order valence-electron chi connectivity index (χ2n) is 6.88. The van der Waals surface area contributed by atoms with E-state index in [-0.39, 0.29) is 5.91 Å². The molecule has 0 aliphatic carbocycles. The molecule has 0 radical (unpaired) electrons. The van der Waals surface area contributed by atoms with E-state index in [2.05, 4.69) is 39.3 Å². The Hall–Kier alpha value is -2.76. The maximum Gasteiger partial charge on any atom is 0.252 e. The van der Waals surface area contributed by atoms with Gasteiger partial charge in [-0.05, 0) is 49.8 Å². The molecular weight excluding hydrogens is 326 g/mol. The number of benzene rings is 1. The van der Waals surface area contributed by atoms with Crippen LogP contribution in [0.1, 0.15) is 34.5 Å². The molecule has 0 N–H and O–H groups in total. The first kappa shape index (κ1) is 16.7. The van der Waals surface area contributed by atoms with Gasteiger partial charge in [-0.1, -0.05) is 24.3 Å². The van der Waals surface area contributed by atoms with Gasteiger partial charge in [0, 0.05) is 30.9 Å². The molecule has 6 heteroatoms. The highest BCUT2D eigenvalue weighted by molar-refractivity contribution is 5.76. The number of nitrogens with zero attached hydrogens (tertiary/aromatic N) is 5. The van der Waals surface area contributed by atoms with Crippen LogP contribution in [0.5, 0.6) is 0 Å². The van der Waals surface area contributed by atoms with E-state index in [1.807, 2.05) is 18.7 Å². The number of carbonyl (C=O) groups is 1. The van der Waals surface area contributed by atoms with Crippen molar-refractivity contribution in [3.8, 4) is 0 Å². The van der Waals surface area contributed by atoms with Crippen LogP contribution in [-0.4, -0.2) is 43.5 Å². The number of aryl methyl sites for hydroxylation is 2. The topological polar surface area (TPSA) is 63.4 Å². The van der Waals surface area contributed by atoms with Gasteiger partial charge in [0.25, 0.3) is 5.78 Å². The average Bonchev–Trinajstić information content (AvgIpc) is 2.99. The number of carbonyl (C=O) groups excluding carboxylic acids is 1. The Labute approximate surface area is 152 Å². The molecule has 0 unspecified atom stereocenters. The van der Waals surface area contributed by atoms with E-state index >= 15 is 0 Å². The summed E-state index contributed by atoms with van der Waals surface area (Å²) in [5.74, 6) is 0.829. The Morgan fingerprint density at radius 2 is 1.81 bits per heavy atom. The highest BCUT2D eigenvalue weighted by atomic mass is 16.2. The van der Waals surface area contributed by atoms with Crippen molar-refractivity contribution < 1.29 is 4.79 Å². The predicted molar refractivity (Wildman–Crippen MR) is 99.0 cm³/mol. The molecule has 0 saturated heterocycles. The Balaban J connectivity index is 1.45. The molecule has 0 fully saturated rings. The molecule has 1 amide bonds. The minimum absolute atomic E-state index is 0.218. The van der Waals surface area contributed by atoms with Crippen LogP contribution in [0, 0.1) is 13.8 Å². The Morgan fingerprint density at radius 1 is 1.12 bits per heavy atom. The molecule has 0 saturated carbocycles. The zero-order valence-electron chi connectivity index (χ0n) is 15.3. The third kappa shape index (κ3) is 3.07. The summed E-state index contributed by atoms with van der Waals surface area (Å²) in [6.45, 7) is 5.59. The van der Waals surface area contributed by atoms with Gasteiger partial charge in [0.1, 0.15) is 6.33 Å². The number of hydrogen-bond donors (Lipinski definition) is 0. The van der Waals surface area contributed by atoms with E-state index < -0.39 is 0 Å². The fraction of sp³-hybridized carbons (Fsp3) is 0.400. The average molecular weight is 349 g/mol. The van der Waals surface area contributed by atoms with Gasteiger partial charge in [0.2, 0.25) is 5.91 Å². The van der Waals surface area contributed by atoms with Gasteiger partial charge in [0.05, 0.1) is 0 Å². The standard InChI is InChI=1S/C20H23N5O/c1-14-18(15(2)25-20(23-14)21-13-22-25)7-8-19(26)24-11-9-16-5-3-4-6-17(16)10-12-24/h3-6,13H,7-12H2,1-2H3. The molecule has 0 spiro atoms. The number of rotatable bonds is 3. The second-order valence-corrected chi connectivity index (χ2v) is 6.88. The van der Waals surface area contributed by atoms with Gasteiger partial charge < -0.3 is 4.90 Å². The predicted octanol–water partition coefficient (Wildman–Crippen LogP) is 2.30. The van der Waals surface area contributed by atoms with Gasteiger partial charge >= 0.3 is 0 Å². The molecule has 4 rings (SSSR count). The normalized spacial score (nSPS) is 14.3. The van der Waals surface area contributed by atoms with E-state index in [0.29, 0.717) is 18.6 Å². The minimum Gasteiger partial charge on any atom is -0.342 e. The Morgan fingerprint density at radius 3 is 2.50 bits per heavy atom. The lowest BCUT2D eigenvalue weighted by Crippen LogP contribution is -2.33. The highest BCUT2D eigenvalue weighted by Gasteiger charge is 2.19. The van der Waals surface area contributed by atoms with E-state index in [4.69, 9.17) is 0 Å². The number of amides is 1. The summed E-state index contributed by atoms with van der Waals surface area (Å²) in [6, 6.07) is 8.51. The summed E-state index contributed by atoms with van der Waals surface area (Å²) in [7, 11) is 0. The zero-order valence-corrected chi connectivity index (χ0v) is 15.3. The van der Waals surface area contributed by atoms with E-state index in [1.54, 1.807) is 4.52 Å². The Bertz CT molecular complexity index is 935. The molecule has 1 aromatic carbocycles. The smallest absolute Gasteiger partial charge is 0.252 e. The van der Waals surface area contributed by atoms with Crippen molar-refractivity contribution in [3.05, 3.63) is 58.7 Å². The summed E-state index contributed by atoms with van der Waals surface area (Å²) < 4.78 is 1.75. The first-order chi connectivity index (χ1) is 12.6. The second kappa shape index (κ2) is 6.86. The van der Waals surface area contributed by atoms with Crippen LogP contribution in [-0.2, 0) is 24.1 Å². The monoisotopic (exact) mass is 349 g/mol.